The van der Waals surface area contributed by atoms with Crippen molar-refractivity contribution in [3.63, 3.8) is 0 Å². The number of benzene rings is 1. The maximum absolute atomic E-state index is 14.1. The molecule has 0 saturated carbocycles. The predicted molar refractivity (Wildman–Crippen MR) is 122 cm³/mol. The summed E-state index contributed by atoms with van der Waals surface area (Å²) in [5.41, 5.74) is 4.34. The molecule has 0 aliphatic carbocycles. The fourth-order valence-electron chi connectivity index (χ4n) is 4.35. The standard InChI is InChI=1S/C23H22Cl2FN5/c1-14(22-18(24)2-3-19(26)23(22)25)30-9-6-20-21(30)10-15(11-28-20)16-12-29-31(13-16)17-4-7-27-8-5-17/h2-3,6,9-14,17,27H,4-5,7-8H2,1H3/t14-/m1/s1. The highest BCUT2D eigenvalue weighted by molar-refractivity contribution is 6.36. The fourth-order valence-corrected chi connectivity index (χ4v) is 5.04. The Morgan fingerprint density at radius 2 is 1.94 bits per heavy atom. The Kier molecular flexibility index (Phi) is 5.46. The van der Waals surface area contributed by atoms with Crippen LogP contribution in [-0.4, -0.2) is 32.4 Å². The SMILES string of the molecule is C[C@H](c1c(Cl)ccc(F)c1Cl)n1ccc2ncc(-c3cnn(C4CCNCC4)c3)cc21. The first-order valence-corrected chi connectivity index (χ1v) is 11.1. The minimum atomic E-state index is -0.478. The first-order valence-electron chi connectivity index (χ1n) is 10.4. The molecule has 1 aliphatic rings. The molecule has 5 nitrogen and oxygen atoms in total. The van der Waals surface area contributed by atoms with Gasteiger partial charge in [-0.15, -0.1) is 0 Å². The highest BCUT2D eigenvalue weighted by Crippen LogP contribution is 2.36. The normalized spacial score (nSPS) is 16.1. The van der Waals surface area contributed by atoms with Crippen LogP contribution >= 0.6 is 23.2 Å². The first kappa shape index (κ1) is 20.5. The summed E-state index contributed by atoms with van der Waals surface area (Å²) in [6.07, 6.45) is 9.94. The lowest BCUT2D eigenvalue weighted by Gasteiger charge is -2.22. The van der Waals surface area contributed by atoms with Crippen molar-refractivity contribution in [3.8, 4) is 11.1 Å². The summed E-state index contributed by atoms with van der Waals surface area (Å²) in [4.78, 5) is 4.63. The van der Waals surface area contributed by atoms with Gasteiger partial charge in [0.15, 0.2) is 0 Å². The maximum atomic E-state index is 14.1. The number of hydrogen-bond donors (Lipinski definition) is 1. The molecule has 0 amide bonds. The van der Waals surface area contributed by atoms with Crippen LogP contribution in [0.5, 0.6) is 0 Å². The lowest BCUT2D eigenvalue weighted by atomic mass is 10.1. The molecule has 5 rings (SSSR count). The minimum Gasteiger partial charge on any atom is -0.339 e. The van der Waals surface area contributed by atoms with E-state index in [-0.39, 0.29) is 11.1 Å². The second-order valence-corrected chi connectivity index (χ2v) is 8.76. The first-order chi connectivity index (χ1) is 15.0. The van der Waals surface area contributed by atoms with Gasteiger partial charge in [-0.1, -0.05) is 23.2 Å². The van der Waals surface area contributed by atoms with Gasteiger partial charge in [0.2, 0.25) is 0 Å². The average molecular weight is 458 g/mol. The Hall–Kier alpha value is -2.41. The summed E-state index contributed by atoms with van der Waals surface area (Å²) in [5.74, 6) is -0.478. The number of nitrogens with zero attached hydrogens (tertiary/aromatic N) is 4. The fraction of sp³-hybridized carbons (Fsp3) is 0.304. The topological polar surface area (TPSA) is 47.7 Å². The number of nitrogens with one attached hydrogen (secondary N) is 1. The molecule has 1 fully saturated rings. The van der Waals surface area contributed by atoms with Gasteiger partial charge in [-0.2, -0.15) is 5.10 Å². The quantitative estimate of drug-likeness (QED) is 0.389. The van der Waals surface area contributed by atoms with Crippen LogP contribution in [0.4, 0.5) is 4.39 Å². The van der Waals surface area contributed by atoms with Crippen molar-refractivity contribution >= 4 is 34.2 Å². The van der Waals surface area contributed by atoms with Crippen molar-refractivity contribution in [2.45, 2.75) is 31.8 Å². The van der Waals surface area contributed by atoms with Gasteiger partial charge in [0, 0.05) is 40.3 Å². The van der Waals surface area contributed by atoms with Gasteiger partial charge in [0.05, 0.1) is 34.3 Å². The molecule has 0 bridgehead atoms. The molecule has 0 unspecified atom stereocenters. The van der Waals surface area contributed by atoms with Crippen LogP contribution < -0.4 is 5.32 Å². The monoisotopic (exact) mass is 457 g/mol. The molecule has 4 heterocycles. The summed E-state index contributed by atoms with van der Waals surface area (Å²) in [6.45, 7) is 3.99. The molecule has 3 aromatic heterocycles. The third-order valence-corrected chi connectivity index (χ3v) is 6.81. The van der Waals surface area contributed by atoms with Crippen molar-refractivity contribution in [2.75, 3.05) is 13.1 Å². The molecule has 1 saturated heterocycles. The van der Waals surface area contributed by atoms with Crippen LogP contribution in [0.15, 0.2) is 49.1 Å². The lowest BCUT2D eigenvalue weighted by Crippen LogP contribution is -2.29. The molecule has 0 radical (unpaired) electrons. The molecule has 1 atom stereocenters. The van der Waals surface area contributed by atoms with Crippen molar-refractivity contribution in [1.29, 1.82) is 0 Å². The van der Waals surface area contributed by atoms with Gasteiger partial charge in [0.25, 0.3) is 0 Å². The average Bonchev–Trinajstić information content (AvgIpc) is 3.44. The zero-order valence-electron chi connectivity index (χ0n) is 17.0. The summed E-state index contributed by atoms with van der Waals surface area (Å²) < 4.78 is 18.2. The van der Waals surface area contributed by atoms with E-state index in [0.717, 1.165) is 48.1 Å². The highest BCUT2D eigenvalue weighted by Gasteiger charge is 2.21. The molecular formula is C23H22Cl2FN5. The Labute approximate surface area is 189 Å². The second kappa shape index (κ2) is 8.26. The van der Waals surface area contributed by atoms with E-state index in [9.17, 15) is 4.39 Å². The maximum Gasteiger partial charge on any atom is 0.142 e. The van der Waals surface area contributed by atoms with Gasteiger partial charge in [-0.3, -0.25) is 9.67 Å². The van der Waals surface area contributed by atoms with Gasteiger partial charge in [0.1, 0.15) is 5.82 Å². The van der Waals surface area contributed by atoms with E-state index in [4.69, 9.17) is 23.2 Å². The number of rotatable bonds is 4. The van der Waals surface area contributed by atoms with E-state index in [2.05, 4.69) is 32.3 Å². The molecular weight excluding hydrogens is 436 g/mol. The van der Waals surface area contributed by atoms with Crippen molar-refractivity contribution in [2.24, 2.45) is 0 Å². The van der Waals surface area contributed by atoms with Crippen molar-refractivity contribution in [3.05, 3.63) is 70.5 Å². The van der Waals surface area contributed by atoms with Gasteiger partial charge in [-0.25, -0.2) is 4.39 Å². The highest BCUT2D eigenvalue weighted by atomic mass is 35.5. The van der Waals surface area contributed by atoms with Crippen molar-refractivity contribution < 1.29 is 4.39 Å². The zero-order chi connectivity index (χ0) is 21.5. The van der Waals surface area contributed by atoms with Gasteiger partial charge < -0.3 is 9.88 Å². The Morgan fingerprint density at radius 1 is 1.13 bits per heavy atom. The molecule has 1 aromatic carbocycles. The van der Waals surface area contributed by atoms with Crippen molar-refractivity contribution in [1.82, 2.24) is 24.6 Å². The molecule has 1 aliphatic heterocycles. The van der Waals surface area contributed by atoms with E-state index in [1.807, 2.05) is 36.1 Å². The minimum absolute atomic E-state index is 0.0502. The number of halogens is 3. The molecule has 160 valence electrons. The summed E-state index contributed by atoms with van der Waals surface area (Å²) in [6, 6.07) is 7.02. The van der Waals surface area contributed by atoms with E-state index in [1.54, 1.807) is 6.07 Å². The predicted octanol–water partition coefficient (Wildman–Crippen LogP) is 5.88. The van der Waals surface area contributed by atoms with Crippen LogP contribution in [0.25, 0.3) is 22.2 Å². The number of piperidine rings is 1. The van der Waals surface area contributed by atoms with Crippen LogP contribution in [0.2, 0.25) is 10.0 Å². The lowest BCUT2D eigenvalue weighted by molar-refractivity contribution is 0.343. The van der Waals surface area contributed by atoms with Gasteiger partial charge in [-0.05, 0) is 57.1 Å². The van der Waals surface area contributed by atoms with Crippen LogP contribution in [0.1, 0.15) is 37.4 Å². The Balaban J connectivity index is 1.52. The molecule has 4 aromatic rings. The Morgan fingerprint density at radius 3 is 2.74 bits per heavy atom. The third-order valence-electron chi connectivity index (χ3n) is 6.10. The van der Waals surface area contributed by atoms with Crippen LogP contribution in [-0.2, 0) is 0 Å². The number of aromatic nitrogens is 4. The molecule has 8 heteroatoms. The number of hydrogen-bond acceptors (Lipinski definition) is 3. The van der Waals surface area contributed by atoms with Crippen LogP contribution in [0, 0.1) is 5.82 Å². The molecule has 31 heavy (non-hydrogen) atoms. The van der Waals surface area contributed by atoms with E-state index >= 15 is 0 Å². The summed E-state index contributed by atoms with van der Waals surface area (Å²) >= 11 is 12.6. The third kappa shape index (κ3) is 3.73. The van der Waals surface area contributed by atoms with E-state index < -0.39 is 5.82 Å². The largest absolute Gasteiger partial charge is 0.339 e. The second-order valence-electron chi connectivity index (χ2n) is 7.97. The van der Waals surface area contributed by atoms with E-state index in [1.165, 1.54) is 6.07 Å². The van der Waals surface area contributed by atoms with Gasteiger partial charge >= 0.3 is 0 Å². The van der Waals surface area contributed by atoms with Crippen LogP contribution in [0.3, 0.4) is 0 Å². The Bertz CT molecular complexity index is 1240. The van der Waals surface area contributed by atoms with E-state index in [0.29, 0.717) is 16.6 Å². The summed E-state index contributed by atoms with van der Waals surface area (Å²) in [7, 11) is 0. The summed E-state index contributed by atoms with van der Waals surface area (Å²) in [5, 5.41) is 8.47. The number of fused-ring (bicyclic) bond motifs is 1. The molecule has 0 spiro atoms. The molecule has 1 N–H and O–H groups in total. The smallest absolute Gasteiger partial charge is 0.142 e. The number of pyridine rings is 1. The zero-order valence-corrected chi connectivity index (χ0v) is 18.5.